The smallest absolute Gasteiger partial charge is 0.410 e. The van der Waals surface area contributed by atoms with Crippen molar-refractivity contribution in [3.05, 3.63) is 70.1 Å². The molecule has 2 aromatic heterocycles. The summed E-state index contributed by atoms with van der Waals surface area (Å²) in [5.41, 5.74) is 3.92. The van der Waals surface area contributed by atoms with Gasteiger partial charge in [-0.1, -0.05) is 42.8 Å². The Morgan fingerprint density at radius 3 is 2.66 bits per heavy atom. The van der Waals surface area contributed by atoms with Gasteiger partial charge in [-0.2, -0.15) is 0 Å². The number of hydrogen-bond donors (Lipinski definition) is 1. The summed E-state index contributed by atoms with van der Waals surface area (Å²) < 4.78 is 6.67. The van der Waals surface area contributed by atoms with E-state index in [2.05, 4.69) is 10.3 Å². The zero-order valence-electron chi connectivity index (χ0n) is 16.0. The molecule has 0 atom stereocenters. The lowest BCUT2D eigenvalue weighted by Crippen LogP contribution is -2.25. The molecule has 1 aliphatic rings. The number of aryl methyl sites for hydroxylation is 1. The number of carbonyl (C=O) groups excluding carboxylic acids is 2. The van der Waals surface area contributed by atoms with Crippen molar-refractivity contribution in [3.63, 3.8) is 0 Å². The zero-order chi connectivity index (χ0) is 20.4. The molecule has 3 heterocycles. The van der Waals surface area contributed by atoms with Crippen LogP contribution in [-0.4, -0.2) is 39.4 Å². The normalized spacial score (nSPS) is 13.7. The minimum absolute atomic E-state index is 0.194. The van der Waals surface area contributed by atoms with Crippen LogP contribution in [0.3, 0.4) is 0 Å². The molecule has 0 bridgehead atoms. The van der Waals surface area contributed by atoms with Crippen molar-refractivity contribution in [2.75, 3.05) is 13.2 Å². The lowest BCUT2D eigenvalue weighted by Gasteiger charge is -2.13. The molecular weight excluding hydrogens is 392 g/mol. The molecule has 4 rings (SSSR count). The van der Waals surface area contributed by atoms with E-state index < -0.39 is 0 Å². The molecule has 8 heteroatoms. The number of hydrogen-bond acceptors (Lipinski definition) is 4. The number of fused-ring (bicyclic) bond motifs is 1. The average Bonchev–Trinajstić information content (AvgIpc) is 3.30. The van der Waals surface area contributed by atoms with Crippen molar-refractivity contribution < 1.29 is 14.3 Å². The van der Waals surface area contributed by atoms with Crippen LogP contribution >= 0.6 is 11.6 Å². The van der Waals surface area contributed by atoms with Gasteiger partial charge in [-0.25, -0.2) is 9.78 Å². The molecule has 3 aromatic rings. The van der Waals surface area contributed by atoms with Crippen LogP contribution in [0.2, 0.25) is 5.02 Å². The number of pyridine rings is 1. The van der Waals surface area contributed by atoms with Gasteiger partial charge in [-0.15, -0.1) is 0 Å². The predicted octanol–water partition coefficient (Wildman–Crippen LogP) is 3.43. The van der Waals surface area contributed by atoms with Crippen LogP contribution in [0, 0.1) is 0 Å². The summed E-state index contributed by atoms with van der Waals surface area (Å²) in [5.74, 6) is -0.194. The van der Waals surface area contributed by atoms with Gasteiger partial charge in [0, 0.05) is 19.3 Å². The fraction of sp³-hybridized carbons (Fsp3) is 0.286. The van der Waals surface area contributed by atoms with Gasteiger partial charge < -0.3 is 15.0 Å². The van der Waals surface area contributed by atoms with Gasteiger partial charge in [0.1, 0.15) is 17.9 Å². The van der Waals surface area contributed by atoms with E-state index in [1.54, 1.807) is 27.6 Å². The van der Waals surface area contributed by atoms with E-state index in [-0.39, 0.29) is 12.0 Å². The number of aromatic nitrogens is 2. The third kappa shape index (κ3) is 4.05. The van der Waals surface area contributed by atoms with Crippen LogP contribution in [0.4, 0.5) is 4.79 Å². The second kappa shape index (κ2) is 8.13. The molecule has 0 unspecified atom stereocenters. The van der Waals surface area contributed by atoms with E-state index in [4.69, 9.17) is 16.3 Å². The van der Waals surface area contributed by atoms with Crippen molar-refractivity contribution >= 4 is 29.2 Å². The number of rotatable bonds is 6. The minimum Gasteiger partial charge on any atom is -0.448 e. The molecule has 1 aliphatic heterocycles. The van der Waals surface area contributed by atoms with Crippen LogP contribution in [0.25, 0.3) is 5.65 Å². The highest BCUT2D eigenvalue weighted by atomic mass is 35.5. The highest BCUT2D eigenvalue weighted by molar-refractivity contribution is 6.30. The molecule has 150 valence electrons. The molecule has 0 saturated carbocycles. The number of ether oxygens (including phenoxy) is 1. The Kier molecular flexibility index (Phi) is 5.40. The van der Waals surface area contributed by atoms with Crippen molar-refractivity contribution in [3.8, 4) is 0 Å². The number of amides is 2. The maximum absolute atomic E-state index is 12.8. The molecule has 0 radical (unpaired) electrons. The third-order valence-electron chi connectivity index (χ3n) is 4.90. The van der Waals surface area contributed by atoms with Crippen molar-refractivity contribution in [1.82, 2.24) is 19.6 Å². The third-order valence-corrected chi connectivity index (χ3v) is 5.12. The Balaban J connectivity index is 1.44. The largest absolute Gasteiger partial charge is 0.448 e. The first kappa shape index (κ1) is 19.3. The fourth-order valence-electron chi connectivity index (χ4n) is 3.37. The summed E-state index contributed by atoms with van der Waals surface area (Å²) in [5, 5.41) is 3.51. The number of nitrogens with one attached hydrogen (secondary N) is 1. The summed E-state index contributed by atoms with van der Waals surface area (Å²) in [6, 6.07) is 11.4. The maximum atomic E-state index is 12.8. The molecule has 1 N–H and O–H groups in total. The first-order valence-corrected chi connectivity index (χ1v) is 9.87. The van der Waals surface area contributed by atoms with Gasteiger partial charge >= 0.3 is 6.09 Å². The number of halogens is 1. The second-order valence-corrected chi connectivity index (χ2v) is 7.31. The fourth-order valence-corrected chi connectivity index (χ4v) is 3.53. The van der Waals surface area contributed by atoms with Gasteiger partial charge in [0.25, 0.3) is 5.91 Å². The first-order valence-electron chi connectivity index (χ1n) is 9.49. The van der Waals surface area contributed by atoms with Crippen LogP contribution in [-0.2, 0) is 24.2 Å². The molecule has 2 amide bonds. The van der Waals surface area contributed by atoms with Gasteiger partial charge in [0.2, 0.25) is 0 Å². The Morgan fingerprint density at radius 1 is 1.21 bits per heavy atom. The van der Waals surface area contributed by atoms with Crippen LogP contribution in [0.1, 0.15) is 34.2 Å². The van der Waals surface area contributed by atoms with E-state index in [1.165, 1.54) is 0 Å². The van der Waals surface area contributed by atoms with E-state index in [1.807, 2.05) is 31.2 Å². The van der Waals surface area contributed by atoms with Gasteiger partial charge in [0.05, 0.1) is 17.3 Å². The van der Waals surface area contributed by atoms with E-state index in [0.29, 0.717) is 49.0 Å². The van der Waals surface area contributed by atoms with Crippen molar-refractivity contribution in [2.45, 2.75) is 26.4 Å². The Labute approximate surface area is 173 Å². The molecule has 0 spiro atoms. The highest BCUT2D eigenvalue weighted by Gasteiger charge is 2.22. The van der Waals surface area contributed by atoms with Crippen molar-refractivity contribution in [1.29, 1.82) is 0 Å². The number of cyclic esters (lactones) is 1. The summed E-state index contributed by atoms with van der Waals surface area (Å²) in [6.07, 6.45) is 2.08. The predicted molar refractivity (Wildman–Crippen MR) is 109 cm³/mol. The average molecular weight is 413 g/mol. The zero-order valence-corrected chi connectivity index (χ0v) is 16.8. The van der Waals surface area contributed by atoms with E-state index in [9.17, 15) is 9.59 Å². The van der Waals surface area contributed by atoms with Crippen LogP contribution in [0.5, 0.6) is 0 Å². The summed E-state index contributed by atoms with van der Waals surface area (Å²) in [6.45, 7) is 3.93. The van der Waals surface area contributed by atoms with Crippen LogP contribution < -0.4 is 5.32 Å². The highest BCUT2D eigenvalue weighted by Crippen LogP contribution is 2.18. The molecule has 7 nitrogen and oxygen atoms in total. The minimum atomic E-state index is -0.277. The Morgan fingerprint density at radius 2 is 1.97 bits per heavy atom. The Bertz CT molecular complexity index is 1060. The number of nitrogens with zero attached hydrogens (tertiary/aromatic N) is 3. The van der Waals surface area contributed by atoms with Gasteiger partial charge in [-0.3, -0.25) is 9.20 Å². The topological polar surface area (TPSA) is 75.9 Å². The summed E-state index contributed by atoms with van der Waals surface area (Å²) in [7, 11) is 0. The summed E-state index contributed by atoms with van der Waals surface area (Å²) >= 11 is 6.09. The maximum Gasteiger partial charge on any atom is 0.410 e. The van der Waals surface area contributed by atoms with Gasteiger partial charge in [0.15, 0.2) is 0 Å². The van der Waals surface area contributed by atoms with Crippen LogP contribution in [0.15, 0.2) is 42.6 Å². The number of carbonyl (C=O) groups is 2. The quantitative estimate of drug-likeness (QED) is 0.673. The second-order valence-electron chi connectivity index (χ2n) is 6.87. The first-order chi connectivity index (χ1) is 14.0. The molecule has 29 heavy (non-hydrogen) atoms. The number of imidazole rings is 1. The molecule has 1 aromatic carbocycles. The lowest BCUT2D eigenvalue weighted by atomic mass is 10.1. The van der Waals surface area contributed by atoms with E-state index >= 15 is 0 Å². The molecular formula is C21H21ClN4O3. The van der Waals surface area contributed by atoms with E-state index in [0.717, 1.165) is 16.8 Å². The standard InChI is InChI=1S/C21H21ClN4O3/c1-2-17-19(26-13-16(22)7-8-18(26)24-17)20(27)23-11-14-3-5-15(6-4-14)12-25-9-10-29-21(25)28/h3-8,13H,2,9-12H2,1H3,(H,23,27). The molecule has 1 fully saturated rings. The lowest BCUT2D eigenvalue weighted by molar-refractivity contribution is 0.0944. The summed E-state index contributed by atoms with van der Waals surface area (Å²) in [4.78, 5) is 30.6. The molecule has 0 aliphatic carbocycles. The molecule has 1 saturated heterocycles. The SMILES string of the molecule is CCc1nc2ccc(Cl)cn2c1C(=O)NCc1ccc(CN2CCOC2=O)cc1. The monoisotopic (exact) mass is 412 g/mol. The van der Waals surface area contributed by atoms with Crippen molar-refractivity contribution in [2.24, 2.45) is 0 Å². The number of benzene rings is 1. The van der Waals surface area contributed by atoms with Gasteiger partial charge in [-0.05, 0) is 29.7 Å². The Hall–Kier alpha value is -3.06.